The summed E-state index contributed by atoms with van der Waals surface area (Å²) in [6, 6.07) is 18.1. The highest BCUT2D eigenvalue weighted by Crippen LogP contribution is 2.28. The molecule has 1 aromatic heterocycles. The van der Waals surface area contributed by atoms with Crippen LogP contribution < -0.4 is 0 Å². The van der Waals surface area contributed by atoms with Crippen molar-refractivity contribution in [3.63, 3.8) is 0 Å². The van der Waals surface area contributed by atoms with Gasteiger partial charge >= 0.3 is 0 Å². The summed E-state index contributed by atoms with van der Waals surface area (Å²) in [5.74, 6) is 0.673. The molecule has 2 amide bonds. The molecule has 2 aliphatic rings. The second-order valence-corrected chi connectivity index (χ2v) is 10.3. The second kappa shape index (κ2) is 11.1. The number of aryl methyl sites for hydroxylation is 1. The van der Waals surface area contributed by atoms with Gasteiger partial charge in [-0.25, -0.2) is 4.68 Å². The average Bonchev–Trinajstić information content (AvgIpc) is 3.17. The molecular weight excluding hydrogens is 448 g/mol. The summed E-state index contributed by atoms with van der Waals surface area (Å²) < 4.78 is 1.80. The monoisotopic (exact) mass is 484 g/mol. The molecule has 0 N–H and O–H groups in total. The van der Waals surface area contributed by atoms with E-state index >= 15 is 0 Å². The SMILES string of the molecule is Cc1cccc(-c2nn(-c3ccccc3)cc2C(=O)N2CCC(CC(=O)N3CCCCCC3)CC2)c1. The minimum Gasteiger partial charge on any atom is -0.343 e. The number of carbonyl (C=O) groups excluding carboxylic acids is 2. The standard InChI is InChI=1S/C30H36N4O2/c1-23-10-9-11-25(20-23)29-27(22-34(31-29)26-12-5-4-6-13-26)30(36)33-18-14-24(15-19-33)21-28(35)32-16-7-2-3-8-17-32/h4-6,9-13,20,22,24H,2-3,7-8,14-19,21H2,1H3. The molecule has 6 heteroatoms. The summed E-state index contributed by atoms with van der Waals surface area (Å²) in [6.07, 6.45) is 8.94. The summed E-state index contributed by atoms with van der Waals surface area (Å²) in [4.78, 5) is 30.6. The summed E-state index contributed by atoms with van der Waals surface area (Å²) in [6.45, 7) is 5.23. The summed E-state index contributed by atoms with van der Waals surface area (Å²) >= 11 is 0. The first-order valence-corrected chi connectivity index (χ1v) is 13.4. The van der Waals surface area contributed by atoms with E-state index in [4.69, 9.17) is 5.10 Å². The Kier molecular flexibility index (Phi) is 7.49. The van der Waals surface area contributed by atoms with Crippen LogP contribution in [-0.4, -0.2) is 57.6 Å². The Morgan fingerprint density at radius 3 is 2.28 bits per heavy atom. The van der Waals surface area contributed by atoms with Gasteiger partial charge in [-0.3, -0.25) is 9.59 Å². The smallest absolute Gasteiger partial charge is 0.257 e. The van der Waals surface area contributed by atoms with Gasteiger partial charge in [0, 0.05) is 44.4 Å². The lowest BCUT2D eigenvalue weighted by Crippen LogP contribution is -2.40. The van der Waals surface area contributed by atoms with Crippen LogP contribution in [0.5, 0.6) is 0 Å². The Hall–Kier alpha value is -3.41. The fourth-order valence-corrected chi connectivity index (χ4v) is 5.46. The molecule has 2 aromatic carbocycles. The minimum atomic E-state index is 0.0194. The van der Waals surface area contributed by atoms with Crippen LogP contribution in [0.3, 0.4) is 0 Å². The van der Waals surface area contributed by atoms with Crippen LogP contribution >= 0.6 is 0 Å². The number of amides is 2. The van der Waals surface area contributed by atoms with E-state index < -0.39 is 0 Å². The van der Waals surface area contributed by atoms with Gasteiger partial charge in [-0.05, 0) is 56.7 Å². The third-order valence-corrected chi connectivity index (χ3v) is 7.58. The van der Waals surface area contributed by atoms with Gasteiger partial charge in [0.05, 0.1) is 11.3 Å². The van der Waals surface area contributed by atoms with E-state index in [2.05, 4.69) is 24.0 Å². The molecule has 0 radical (unpaired) electrons. The first kappa shape index (κ1) is 24.3. The number of para-hydroxylation sites is 1. The molecule has 0 unspecified atom stereocenters. The topological polar surface area (TPSA) is 58.4 Å². The maximum Gasteiger partial charge on any atom is 0.257 e. The van der Waals surface area contributed by atoms with Crippen molar-refractivity contribution in [3.8, 4) is 16.9 Å². The number of benzene rings is 2. The molecular formula is C30H36N4O2. The van der Waals surface area contributed by atoms with Gasteiger partial charge in [0.15, 0.2) is 0 Å². The molecule has 6 nitrogen and oxygen atoms in total. The first-order valence-electron chi connectivity index (χ1n) is 13.4. The van der Waals surface area contributed by atoms with E-state index in [0.29, 0.717) is 42.6 Å². The van der Waals surface area contributed by atoms with E-state index in [9.17, 15) is 9.59 Å². The van der Waals surface area contributed by atoms with Crippen molar-refractivity contribution in [2.75, 3.05) is 26.2 Å². The molecule has 2 aliphatic heterocycles. The third kappa shape index (κ3) is 5.53. The van der Waals surface area contributed by atoms with Crippen molar-refractivity contribution in [2.45, 2.75) is 51.9 Å². The molecule has 3 aromatic rings. The lowest BCUT2D eigenvalue weighted by atomic mass is 9.92. The van der Waals surface area contributed by atoms with Crippen LogP contribution in [0.4, 0.5) is 0 Å². The molecule has 3 heterocycles. The van der Waals surface area contributed by atoms with Crippen molar-refractivity contribution in [1.82, 2.24) is 19.6 Å². The molecule has 2 fully saturated rings. The lowest BCUT2D eigenvalue weighted by molar-refractivity contribution is -0.132. The zero-order chi connectivity index (χ0) is 24.9. The number of likely N-dealkylation sites (tertiary alicyclic amines) is 2. The first-order chi connectivity index (χ1) is 17.6. The molecule has 188 valence electrons. The van der Waals surface area contributed by atoms with E-state index in [-0.39, 0.29) is 5.91 Å². The van der Waals surface area contributed by atoms with Gasteiger partial charge in [-0.1, -0.05) is 54.8 Å². The van der Waals surface area contributed by atoms with Crippen molar-refractivity contribution in [3.05, 3.63) is 71.9 Å². The van der Waals surface area contributed by atoms with E-state index in [1.165, 1.54) is 12.8 Å². The van der Waals surface area contributed by atoms with E-state index in [1.54, 1.807) is 4.68 Å². The Morgan fingerprint density at radius 2 is 1.58 bits per heavy atom. The molecule has 5 rings (SSSR count). The van der Waals surface area contributed by atoms with Crippen molar-refractivity contribution in [1.29, 1.82) is 0 Å². The van der Waals surface area contributed by atoms with Crippen LogP contribution in [0, 0.1) is 12.8 Å². The van der Waals surface area contributed by atoms with Crippen LogP contribution in [0.1, 0.15) is 60.9 Å². The molecule has 0 spiro atoms. The maximum absolute atomic E-state index is 13.7. The van der Waals surface area contributed by atoms with Gasteiger partial charge in [0.25, 0.3) is 5.91 Å². The number of nitrogens with zero attached hydrogens (tertiary/aromatic N) is 4. The number of hydrogen-bond acceptors (Lipinski definition) is 3. The lowest BCUT2D eigenvalue weighted by Gasteiger charge is -2.32. The molecule has 0 saturated carbocycles. The van der Waals surface area contributed by atoms with Gasteiger partial charge < -0.3 is 9.80 Å². The zero-order valence-electron chi connectivity index (χ0n) is 21.2. The summed E-state index contributed by atoms with van der Waals surface area (Å²) in [5, 5.41) is 4.84. The maximum atomic E-state index is 13.7. The molecule has 36 heavy (non-hydrogen) atoms. The van der Waals surface area contributed by atoms with E-state index in [0.717, 1.165) is 55.6 Å². The normalized spacial score (nSPS) is 17.1. The Labute approximate surface area is 213 Å². The number of aromatic nitrogens is 2. The number of rotatable bonds is 5. The van der Waals surface area contributed by atoms with Gasteiger partial charge in [0.1, 0.15) is 5.69 Å². The van der Waals surface area contributed by atoms with Gasteiger partial charge in [0.2, 0.25) is 5.91 Å². The third-order valence-electron chi connectivity index (χ3n) is 7.58. The predicted molar refractivity (Wildman–Crippen MR) is 142 cm³/mol. The Morgan fingerprint density at radius 1 is 0.861 bits per heavy atom. The number of piperidine rings is 1. The average molecular weight is 485 g/mol. The van der Waals surface area contributed by atoms with Crippen molar-refractivity contribution in [2.24, 2.45) is 5.92 Å². The summed E-state index contributed by atoms with van der Waals surface area (Å²) in [5.41, 5.74) is 4.35. The van der Waals surface area contributed by atoms with Crippen LogP contribution in [0.2, 0.25) is 0 Å². The van der Waals surface area contributed by atoms with E-state index in [1.807, 2.05) is 53.6 Å². The zero-order valence-corrected chi connectivity index (χ0v) is 21.2. The predicted octanol–water partition coefficient (Wildman–Crippen LogP) is 5.49. The highest BCUT2D eigenvalue weighted by atomic mass is 16.2. The molecule has 0 bridgehead atoms. The van der Waals surface area contributed by atoms with Gasteiger partial charge in [-0.15, -0.1) is 0 Å². The highest BCUT2D eigenvalue weighted by Gasteiger charge is 2.29. The molecule has 0 aliphatic carbocycles. The van der Waals surface area contributed by atoms with Crippen molar-refractivity contribution >= 4 is 11.8 Å². The number of hydrogen-bond donors (Lipinski definition) is 0. The Bertz CT molecular complexity index is 1190. The van der Waals surface area contributed by atoms with Crippen LogP contribution in [0.25, 0.3) is 16.9 Å². The summed E-state index contributed by atoms with van der Waals surface area (Å²) in [7, 11) is 0. The quantitative estimate of drug-likeness (QED) is 0.481. The fraction of sp³-hybridized carbons (Fsp3) is 0.433. The highest BCUT2D eigenvalue weighted by molar-refractivity contribution is 6.00. The largest absolute Gasteiger partial charge is 0.343 e. The van der Waals surface area contributed by atoms with Crippen molar-refractivity contribution < 1.29 is 9.59 Å². The van der Waals surface area contributed by atoms with Crippen LogP contribution in [0.15, 0.2) is 60.8 Å². The minimum absolute atomic E-state index is 0.0194. The second-order valence-electron chi connectivity index (χ2n) is 10.3. The molecule has 2 saturated heterocycles. The van der Waals surface area contributed by atoms with Gasteiger partial charge in [-0.2, -0.15) is 5.10 Å². The Balaban J connectivity index is 1.30. The number of carbonyl (C=O) groups is 2. The molecule has 0 atom stereocenters. The van der Waals surface area contributed by atoms with Crippen LogP contribution in [-0.2, 0) is 4.79 Å². The fourth-order valence-electron chi connectivity index (χ4n) is 5.46.